The van der Waals surface area contributed by atoms with Crippen molar-refractivity contribution in [2.24, 2.45) is 11.7 Å². The van der Waals surface area contributed by atoms with Gasteiger partial charge in [-0.15, -0.1) is 0 Å². The van der Waals surface area contributed by atoms with Gasteiger partial charge in [-0.3, -0.25) is 4.79 Å². The topological polar surface area (TPSA) is 55.1 Å². The van der Waals surface area contributed by atoms with Crippen molar-refractivity contribution in [2.45, 2.75) is 20.3 Å². The Morgan fingerprint density at radius 3 is 2.88 bits per heavy atom. The van der Waals surface area contributed by atoms with Crippen molar-refractivity contribution in [3.8, 4) is 0 Å². The Balaban J connectivity index is 2.54. The third kappa shape index (κ3) is 4.03. The van der Waals surface area contributed by atoms with E-state index in [9.17, 15) is 4.79 Å². The van der Waals surface area contributed by atoms with Gasteiger partial charge in [0.1, 0.15) is 0 Å². The maximum Gasteiger partial charge on any atom is 0.159 e. The van der Waals surface area contributed by atoms with Crippen molar-refractivity contribution in [2.75, 3.05) is 18.4 Å². The van der Waals surface area contributed by atoms with E-state index in [1.54, 1.807) is 6.92 Å². The monoisotopic (exact) mass is 220 g/mol. The molecule has 1 aromatic rings. The van der Waals surface area contributed by atoms with Gasteiger partial charge in [-0.25, -0.2) is 0 Å². The van der Waals surface area contributed by atoms with Crippen LogP contribution in [0.5, 0.6) is 0 Å². The Hall–Kier alpha value is -1.35. The molecule has 88 valence electrons. The summed E-state index contributed by atoms with van der Waals surface area (Å²) >= 11 is 0. The number of hydrogen-bond acceptors (Lipinski definition) is 3. The molecule has 0 aromatic heterocycles. The molecule has 0 aliphatic rings. The quantitative estimate of drug-likeness (QED) is 0.723. The molecular weight excluding hydrogens is 200 g/mol. The molecule has 0 bridgehead atoms. The largest absolute Gasteiger partial charge is 0.385 e. The number of ketones is 1. The molecule has 16 heavy (non-hydrogen) atoms. The van der Waals surface area contributed by atoms with Crippen LogP contribution in [0.4, 0.5) is 5.69 Å². The van der Waals surface area contributed by atoms with Gasteiger partial charge in [0.25, 0.3) is 0 Å². The molecule has 3 heteroatoms. The predicted molar refractivity (Wildman–Crippen MR) is 67.8 cm³/mol. The van der Waals surface area contributed by atoms with E-state index in [2.05, 4.69) is 12.2 Å². The van der Waals surface area contributed by atoms with Gasteiger partial charge in [0.2, 0.25) is 0 Å². The van der Waals surface area contributed by atoms with E-state index >= 15 is 0 Å². The van der Waals surface area contributed by atoms with E-state index in [0.29, 0.717) is 5.92 Å². The average molecular weight is 220 g/mol. The highest BCUT2D eigenvalue weighted by atomic mass is 16.1. The van der Waals surface area contributed by atoms with Crippen LogP contribution in [-0.4, -0.2) is 18.9 Å². The van der Waals surface area contributed by atoms with Crippen molar-refractivity contribution < 1.29 is 4.79 Å². The van der Waals surface area contributed by atoms with Gasteiger partial charge in [-0.05, 0) is 37.9 Å². The number of carbonyl (C=O) groups is 1. The number of hydrogen-bond donors (Lipinski definition) is 2. The van der Waals surface area contributed by atoms with Crippen molar-refractivity contribution in [1.29, 1.82) is 0 Å². The van der Waals surface area contributed by atoms with Gasteiger partial charge in [0.15, 0.2) is 5.78 Å². The minimum Gasteiger partial charge on any atom is -0.385 e. The summed E-state index contributed by atoms with van der Waals surface area (Å²) in [7, 11) is 0. The number of benzene rings is 1. The van der Waals surface area contributed by atoms with Crippen LogP contribution >= 0.6 is 0 Å². The molecular formula is C13H20N2O. The lowest BCUT2D eigenvalue weighted by atomic mass is 10.1. The fourth-order valence-corrected chi connectivity index (χ4v) is 1.53. The molecule has 1 atom stereocenters. The van der Waals surface area contributed by atoms with Crippen LogP contribution in [-0.2, 0) is 0 Å². The van der Waals surface area contributed by atoms with Crippen LogP contribution < -0.4 is 11.1 Å². The van der Waals surface area contributed by atoms with Gasteiger partial charge in [-0.1, -0.05) is 19.1 Å². The van der Waals surface area contributed by atoms with Gasteiger partial charge >= 0.3 is 0 Å². The molecule has 3 nitrogen and oxygen atoms in total. The number of anilines is 1. The molecule has 1 rings (SSSR count). The molecule has 0 spiro atoms. The van der Waals surface area contributed by atoms with Crippen molar-refractivity contribution in [3.63, 3.8) is 0 Å². The van der Waals surface area contributed by atoms with Gasteiger partial charge in [-0.2, -0.15) is 0 Å². The number of nitrogens with one attached hydrogen (secondary N) is 1. The molecule has 0 saturated carbocycles. The number of nitrogens with two attached hydrogens (primary N) is 1. The number of rotatable bonds is 6. The minimum absolute atomic E-state index is 0.0960. The second-order valence-electron chi connectivity index (χ2n) is 4.20. The number of carbonyl (C=O) groups excluding carboxylic acids is 1. The van der Waals surface area contributed by atoms with Gasteiger partial charge < -0.3 is 11.1 Å². The smallest absolute Gasteiger partial charge is 0.159 e. The highest BCUT2D eigenvalue weighted by molar-refractivity contribution is 5.94. The first kappa shape index (κ1) is 12.7. The van der Waals surface area contributed by atoms with Crippen molar-refractivity contribution >= 4 is 11.5 Å². The molecule has 0 saturated heterocycles. The first-order chi connectivity index (χ1) is 7.63. The second kappa shape index (κ2) is 6.28. The first-order valence-corrected chi connectivity index (χ1v) is 5.68. The molecule has 0 amide bonds. The zero-order chi connectivity index (χ0) is 12.0. The standard InChI is InChI=1S/C13H20N2O/c1-10(6-7-14)9-15-13-5-3-4-12(8-13)11(2)16/h3-5,8,10,15H,6-7,9,14H2,1-2H3. The molecule has 0 radical (unpaired) electrons. The SMILES string of the molecule is CC(=O)c1cccc(NCC(C)CCN)c1. The molecule has 0 aliphatic heterocycles. The molecule has 1 unspecified atom stereocenters. The highest BCUT2D eigenvalue weighted by Crippen LogP contribution is 2.12. The first-order valence-electron chi connectivity index (χ1n) is 5.68. The summed E-state index contributed by atoms with van der Waals surface area (Å²) in [6, 6.07) is 7.59. The molecule has 1 aromatic carbocycles. The van der Waals surface area contributed by atoms with E-state index < -0.39 is 0 Å². The molecule has 0 heterocycles. The fraction of sp³-hybridized carbons (Fsp3) is 0.462. The lowest BCUT2D eigenvalue weighted by Gasteiger charge is -2.12. The Kier molecular flexibility index (Phi) is 4.99. The second-order valence-corrected chi connectivity index (χ2v) is 4.20. The Morgan fingerprint density at radius 2 is 2.25 bits per heavy atom. The summed E-state index contributed by atoms with van der Waals surface area (Å²) in [4.78, 5) is 11.2. The molecule has 0 aliphatic carbocycles. The maximum absolute atomic E-state index is 11.2. The summed E-state index contributed by atoms with van der Waals surface area (Å²) in [5, 5.41) is 3.32. The van der Waals surface area contributed by atoms with Crippen LogP contribution in [0.3, 0.4) is 0 Å². The summed E-state index contributed by atoms with van der Waals surface area (Å²) in [5.41, 5.74) is 7.23. The van der Waals surface area contributed by atoms with E-state index in [0.717, 1.165) is 30.8 Å². The molecule has 3 N–H and O–H groups in total. The summed E-state index contributed by atoms with van der Waals surface area (Å²) in [5.74, 6) is 0.643. The maximum atomic E-state index is 11.2. The zero-order valence-corrected chi connectivity index (χ0v) is 9.99. The van der Waals surface area contributed by atoms with E-state index in [1.807, 2.05) is 24.3 Å². The zero-order valence-electron chi connectivity index (χ0n) is 9.99. The van der Waals surface area contributed by atoms with Crippen LogP contribution in [0.15, 0.2) is 24.3 Å². The average Bonchev–Trinajstić information content (AvgIpc) is 2.27. The van der Waals surface area contributed by atoms with Crippen molar-refractivity contribution in [1.82, 2.24) is 0 Å². The Bertz CT molecular complexity index is 350. The lowest BCUT2D eigenvalue weighted by molar-refractivity contribution is 0.101. The van der Waals surface area contributed by atoms with Gasteiger partial charge in [0.05, 0.1) is 0 Å². The third-order valence-corrected chi connectivity index (χ3v) is 2.58. The third-order valence-electron chi connectivity index (χ3n) is 2.58. The summed E-state index contributed by atoms with van der Waals surface area (Å²) in [6.07, 6.45) is 1.01. The van der Waals surface area contributed by atoms with Crippen LogP contribution in [0.2, 0.25) is 0 Å². The normalized spacial score (nSPS) is 12.2. The Morgan fingerprint density at radius 1 is 1.50 bits per heavy atom. The van der Waals surface area contributed by atoms with Gasteiger partial charge in [0, 0.05) is 17.8 Å². The summed E-state index contributed by atoms with van der Waals surface area (Å²) in [6.45, 7) is 5.35. The van der Waals surface area contributed by atoms with E-state index in [1.165, 1.54) is 0 Å². The minimum atomic E-state index is 0.0960. The van der Waals surface area contributed by atoms with Crippen molar-refractivity contribution in [3.05, 3.63) is 29.8 Å². The van der Waals surface area contributed by atoms with E-state index in [-0.39, 0.29) is 5.78 Å². The lowest BCUT2D eigenvalue weighted by Crippen LogP contribution is -2.15. The van der Waals surface area contributed by atoms with Crippen LogP contribution in [0.25, 0.3) is 0 Å². The Labute approximate surface area is 97.0 Å². The molecule has 0 fully saturated rings. The predicted octanol–water partition coefficient (Wildman–Crippen LogP) is 2.29. The summed E-state index contributed by atoms with van der Waals surface area (Å²) < 4.78 is 0. The highest BCUT2D eigenvalue weighted by Gasteiger charge is 2.02. The number of Topliss-reactive ketones (excluding diaryl/α,β-unsaturated/α-hetero) is 1. The van der Waals surface area contributed by atoms with E-state index in [4.69, 9.17) is 5.73 Å². The van der Waals surface area contributed by atoms with Crippen LogP contribution in [0.1, 0.15) is 30.6 Å². The fourth-order valence-electron chi connectivity index (χ4n) is 1.53. The van der Waals surface area contributed by atoms with Crippen LogP contribution in [0, 0.1) is 5.92 Å².